The normalized spacial score (nSPS) is 19.8. The van der Waals surface area contributed by atoms with Gasteiger partial charge in [0.1, 0.15) is 6.10 Å². The second-order valence-electron chi connectivity index (χ2n) is 9.17. The third kappa shape index (κ3) is 4.11. The summed E-state index contributed by atoms with van der Waals surface area (Å²) in [6.07, 6.45) is 5.36. The second-order valence-corrected chi connectivity index (χ2v) is 9.17. The number of rotatable bonds is 7. The third-order valence-corrected chi connectivity index (χ3v) is 6.47. The van der Waals surface area contributed by atoms with Crippen molar-refractivity contribution in [3.8, 4) is 6.01 Å². The second kappa shape index (κ2) is 8.94. The molecular formula is C24H33N7O. The molecule has 0 aliphatic carbocycles. The SMILES string of the molecule is CC(C)c1cnn2c(NC(C)c3ccccc3N3CCC3)nc(O[C@@H]3CCCNC3)nc12. The quantitative estimate of drug-likeness (QED) is 0.585. The van der Waals surface area contributed by atoms with Gasteiger partial charge in [-0.3, -0.25) is 0 Å². The number of benzene rings is 1. The maximum atomic E-state index is 6.21. The standard InChI is InChI=1S/C24H33N7O/c1-16(2)20-15-26-31-22(20)28-24(32-18-8-6-11-25-14-18)29-23(31)27-17(3)19-9-4-5-10-21(19)30-12-7-13-30/h4-5,9-10,15-18,25H,6-8,11-14H2,1-3H3,(H,27,28,29)/t17?,18-/m1/s1. The zero-order valence-electron chi connectivity index (χ0n) is 19.2. The molecular weight excluding hydrogens is 402 g/mol. The number of para-hydroxylation sites is 1. The van der Waals surface area contributed by atoms with E-state index in [0.717, 1.165) is 50.2 Å². The Bertz CT molecular complexity index is 1070. The molecule has 0 saturated carbocycles. The van der Waals surface area contributed by atoms with E-state index in [1.165, 1.54) is 17.7 Å². The van der Waals surface area contributed by atoms with Crippen LogP contribution in [0.2, 0.25) is 0 Å². The first-order valence-electron chi connectivity index (χ1n) is 11.8. The van der Waals surface area contributed by atoms with E-state index in [9.17, 15) is 0 Å². The fraction of sp³-hybridized carbons (Fsp3) is 0.542. The number of anilines is 2. The number of hydrogen-bond donors (Lipinski definition) is 2. The number of aromatic nitrogens is 4. The Kier molecular flexibility index (Phi) is 5.87. The molecule has 0 radical (unpaired) electrons. The van der Waals surface area contributed by atoms with Gasteiger partial charge in [0, 0.05) is 30.9 Å². The van der Waals surface area contributed by atoms with Crippen LogP contribution in [0.4, 0.5) is 11.6 Å². The fourth-order valence-corrected chi connectivity index (χ4v) is 4.47. The monoisotopic (exact) mass is 435 g/mol. The van der Waals surface area contributed by atoms with Crippen LogP contribution >= 0.6 is 0 Å². The Morgan fingerprint density at radius 3 is 2.66 bits per heavy atom. The lowest BCUT2D eigenvalue weighted by molar-refractivity contribution is 0.153. The average molecular weight is 436 g/mol. The lowest BCUT2D eigenvalue weighted by atomic mass is 10.0. The van der Waals surface area contributed by atoms with Crippen LogP contribution in [0.25, 0.3) is 5.65 Å². The summed E-state index contributed by atoms with van der Waals surface area (Å²) < 4.78 is 8.02. The van der Waals surface area contributed by atoms with Gasteiger partial charge in [-0.25, -0.2) is 0 Å². The Balaban J connectivity index is 1.48. The molecule has 0 bridgehead atoms. The molecule has 2 N–H and O–H groups in total. The minimum atomic E-state index is 0.0563. The van der Waals surface area contributed by atoms with Gasteiger partial charge in [-0.2, -0.15) is 19.6 Å². The van der Waals surface area contributed by atoms with Crippen LogP contribution in [0.1, 0.15) is 63.1 Å². The summed E-state index contributed by atoms with van der Waals surface area (Å²) in [6, 6.07) is 9.08. The van der Waals surface area contributed by atoms with Gasteiger partial charge in [0.2, 0.25) is 5.95 Å². The number of hydrogen-bond acceptors (Lipinski definition) is 7. The van der Waals surface area contributed by atoms with Crippen LogP contribution in [-0.2, 0) is 0 Å². The summed E-state index contributed by atoms with van der Waals surface area (Å²) in [5.74, 6) is 0.968. The molecule has 2 fully saturated rings. The Morgan fingerprint density at radius 1 is 1.09 bits per heavy atom. The van der Waals surface area contributed by atoms with E-state index in [4.69, 9.17) is 14.7 Å². The molecule has 0 amide bonds. The van der Waals surface area contributed by atoms with Crippen LogP contribution in [0.15, 0.2) is 30.5 Å². The molecule has 32 heavy (non-hydrogen) atoms. The van der Waals surface area contributed by atoms with Crippen molar-refractivity contribution < 1.29 is 4.74 Å². The van der Waals surface area contributed by atoms with Crippen LogP contribution in [0.3, 0.4) is 0 Å². The highest BCUT2D eigenvalue weighted by molar-refractivity contribution is 5.59. The molecule has 5 rings (SSSR count). The summed E-state index contributed by atoms with van der Waals surface area (Å²) in [5.41, 5.74) is 4.45. The topological polar surface area (TPSA) is 79.6 Å². The highest BCUT2D eigenvalue weighted by atomic mass is 16.5. The predicted molar refractivity (Wildman–Crippen MR) is 127 cm³/mol. The van der Waals surface area contributed by atoms with Crippen LogP contribution in [0, 0.1) is 0 Å². The Hall–Kier alpha value is -2.87. The molecule has 4 heterocycles. The first-order valence-corrected chi connectivity index (χ1v) is 11.8. The predicted octanol–water partition coefficient (Wildman–Crippen LogP) is 3.76. The van der Waals surface area contributed by atoms with Gasteiger partial charge in [-0.15, -0.1) is 0 Å². The zero-order chi connectivity index (χ0) is 22.1. The van der Waals surface area contributed by atoms with Crippen molar-refractivity contribution in [1.82, 2.24) is 24.9 Å². The number of nitrogens with zero attached hydrogens (tertiary/aromatic N) is 5. The summed E-state index contributed by atoms with van der Waals surface area (Å²) >= 11 is 0. The lowest BCUT2D eigenvalue weighted by Gasteiger charge is -2.36. The van der Waals surface area contributed by atoms with E-state index >= 15 is 0 Å². The third-order valence-electron chi connectivity index (χ3n) is 6.47. The van der Waals surface area contributed by atoms with Crippen molar-refractivity contribution in [2.45, 2.75) is 58.1 Å². The number of fused-ring (bicyclic) bond motifs is 1. The smallest absolute Gasteiger partial charge is 0.322 e. The number of piperidine rings is 1. The molecule has 3 aromatic rings. The fourth-order valence-electron chi connectivity index (χ4n) is 4.47. The molecule has 8 nitrogen and oxygen atoms in total. The van der Waals surface area contributed by atoms with E-state index in [0.29, 0.717) is 17.9 Å². The van der Waals surface area contributed by atoms with E-state index in [1.54, 1.807) is 0 Å². The lowest BCUT2D eigenvalue weighted by Crippen LogP contribution is -2.38. The first kappa shape index (κ1) is 21.0. The Labute approximate surface area is 189 Å². The highest BCUT2D eigenvalue weighted by Crippen LogP contribution is 2.32. The number of nitrogens with one attached hydrogen (secondary N) is 2. The largest absolute Gasteiger partial charge is 0.459 e. The molecule has 170 valence electrons. The molecule has 1 aromatic carbocycles. The van der Waals surface area contributed by atoms with Crippen molar-refractivity contribution in [2.24, 2.45) is 0 Å². The van der Waals surface area contributed by atoms with E-state index in [1.807, 2.05) is 10.7 Å². The van der Waals surface area contributed by atoms with E-state index in [-0.39, 0.29) is 12.1 Å². The van der Waals surface area contributed by atoms with Crippen LogP contribution < -0.4 is 20.3 Å². The van der Waals surface area contributed by atoms with Crippen molar-refractivity contribution >= 4 is 17.3 Å². The van der Waals surface area contributed by atoms with Crippen molar-refractivity contribution in [3.05, 3.63) is 41.6 Å². The summed E-state index contributed by atoms with van der Waals surface area (Å²) in [4.78, 5) is 11.9. The first-order chi connectivity index (χ1) is 15.6. The van der Waals surface area contributed by atoms with E-state index < -0.39 is 0 Å². The summed E-state index contributed by atoms with van der Waals surface area (Å²) in [5, 5.41) is 11.6. The molecule has 8 heteroatoms. The minimum Gasteiger partial charge on any atom is -0.459 e. The van der Waals surface area contributed by atoms with Gasteiger partial charge in [0.25, 0.3) is 0 Å². The van der Waals surface area contributed by atoms with Crippen molar-refractivity contribution in [1.29, 1.82) is 0 Å². The Morgan fingerprint density at radius 2 is 1.94 bits per heavy atom. The molecule has 2 atom stereocenters. The van der Waals surface area contributed by atoms with Crippen molar-refractivity contribution in [2.75, 3.05) is 36.4 Å². The maximum absolute atomic E-state index is 6.21. The molecule has 2 aliphatic heterocycles. The van der Waals surface area contributed by atoms with Crippen LogP contribution in [-0.4, -0.2) is 51.9 Å². The van der Waals surface area contributed by atoms with Crippen molar-refractivity contribution in [3.63, 3.8) is 0 Å². The summed E-state index contributed by atoms with van der Waals surface area (Å²) in [7, 11) is 0. The molecule has 0 spiro atoms. The molecule has 2 saturated heterocycles. The van der Waals surface area contributed by atoms with Gasteiger partial charge in [0.05, 0.1) is 12.2 Å². The van der Waals surface area contributed by atoms with Gasteiger partial charge in [-0.1, -0.05) is 32.0 Å². The highest BCUT2D eigenvalue weighted by Gasteiger charge is 2.23. The maximum Gasteiger partial charge on any atom is 0.322 e. The minimum absolute atomic E-state index is 0.0563. The van der Waals surface area contributed by atoms with Gasteiger partial charge in [-0.05, 0) is 50.3 Å². The van der Waals surface area contributed by atoms with Gasteiger partial charge < -0.3 is 20.3 Å². The summed E-state index contributed by atoms with van der Waals surface area (Å²) in [6.45, 7) is 10.6. The van der Waals surface area contributed by atoms with Crippen LogP contribution in [0.5, 0.6) is 6.01 Å². The average Bonchev–Trinajstić information content (AvgIpc) is 3.18. The molecule has 2 aromatic heterocycles. The van der Waals surface area contributed by atoms with Gasteiger partial charge in [0.15, 0.2) is 5.65 Å². The number of ether oxygens (including phenoxy) is 1. The molecule has 2 aliphatic rings. The molecule has 1 unspecified atom stereocenters. The zero-order valence-corrected chi connectivity index (χ0v) is 19.2. The van der Waals surface area contributed by atoms with Gasteiger partial charge >= 0.3 is 6.01 Å². The van der Waals surface area contributed by atoms with E-state index in [2.05, 4.69) is 65.7 Å².